The van der Waals surface area contributed by atoms with Crippen molar-refractivity contribution in [3.63, 3.8) is 0 Å². The van der Waals surface area contributed by atoms with Crippen LogP contribution in [0.3, 0.4) is 0 Å². The minimum Gasteiger partial charge on any atom is -0.331 e. The molecule has 0 aliphatic carbocycles. The first-order valence-electron chi connectivity index (χ1n) is 9.23. The zero-order valence-electron chi connectivity index (χ0n) is 17.1. The number of nitrogens with zero attached hydrogens (tertiary/aromatic N) is 1. The third-order valence-corrected chi connectivity index (χ3v) is 6.48. The van der Waals surface area contributed by atoms with Crippen LogP contribution in [0.25, 0.3) is 16.1 Å². The summed E-state index contributed by atoms with van der Waals surface area (Å²) in [6.45, 7) is 0. The summed E-state index contributed by atoms with van der Waals surface area (Å²) >= 11 is 0.885. The fraction of sp³-hybridized carbons (Fsp3) is 0.143. The van der Waals surface area contributed by atoms with E-state index in [0.717, 1.165) is 29.7 Å². The second-order valence-electron chi connectivity index (χ2n) is 6.97. The summed E-state index contributed by atoms with van der Waals surface area (Å²) in [7, 11) is -3.50. The lowest BCUT2D eigenvalue weighted by atomic mass is 10.0. The average molecular weight is 519 g/mol. The number of thiazole rings is 1. The Kier molecular flexibility index (Phi) is 6.90. The summed E-state index contributed by atoms with van der Waals surface area (Å²) in [4.78, 5) is 4.45. The molecule has 180 valence electrons. The maximum atomic E-state index is 13.5. The highest BCUT2D eigenvalue weighted by Crippen LogP contribution is 2.37. The summed E-state index contributed by atoms with van der Waals surface area (Å²) in [6.07, 6.45) is -7.36. The molecule has 0 unspecified atom stereocenters. The fourth-order valence-corrected chi connectivity index (χ4v) is 4.32. The molecule has 1 aromatic heterocycles. The van der Waals surface area contributed by atoms with Crippen LogP contribution in [0, 0.1) is 5.41 Å². The highest BCUT2D eigenvalue weighted by Gasteiger charge is 2.36. The lowest BCUT2D eigenvalue weighted by Gasteiger charge is -2.16. The molecule has 0 atom stereocenters. The molecule has 0 amide bonds. The third kappa shape index (κ3) is 6.03. The molecular formula is C21H15F6N3O2S2. The van der Waals surface area contributed by atoms with E-state index in [2.05, 4.69) is 10.3 Å². The molecule has 0 fully saturated rings. The molecule has 0 aliphatic rings. The highest BCUT2D eigenvalue weighted by atomic mass is 32.2. The van der Waals surface area contributed by atoms with Gasteiger partial charge in [0.15, 0.2) is 15.0 Å². The fourth-order valence-electron chi connectivity index (χ4n) is 2.83. The first-order chi connectivity index (χ1) is 15.7. The van der Waals surface area contributed by atoms with E-state index in [1.165, 1.54) is 30.5 Å². The summed E-state index contributed by atoms with van der Waals surface area (Å²) in [5, 5.41) is 9.64. The van der Waals surface area contributed by atoms with E-state index in [4.69, 9.17) is 5.41 Å². The van der Waals surface area contributed by atoms with Gasteiger partial charge in [0, 0.05) is 18.0 Å². The van der Waals surface area contributed by atoms with Crippen LogP contribution in [-0.2, 0) is 16.0 Å². The van der Waals surface area contributed by atoms with Crippen molar-refractivity contribution in [2.75, 3.05) is 11.6 Å². The molecule has 0 radical (unpaired) electrons. The minimum atomic E-state index is -5.08. The summed E-state index contributed by atoms with van der Waals surface area (Å²) in [6, 6.07) is 9.85. The van der Waals surface area contributed by atoms with Crippen LogP contribution in [0.4, 0.5) is 31.5 Å². The molecule has 1 heterocycles. The van der Waals surface area contributed by atoms with E-state index < -0.39 is 44.7 Å². The predicted octanol–water partition coefficient (Wildman–Crippen LogP) is 6.27. The Morgan fingerprint density at radius 3 is 2.35 bits per heavy atom. The highest BCUT2D eigenvalue weighted by molar-refractivity contribution is 7.90. The van der Waals surface area contributed by atoms with Crippen LogP contribution in [0.2, 0.25) is 0 Å². The second-order valence-corrected chi connectivity index (χ2v) is 10.0. The summed E-state index contributed by atoms with van der Waals surface area (Å²) < 4.78 is 103. The quantitative estimate of drug-likeness (QED) is 0.297. The molecule has 0 saturated heterocycles. The number of hydrogen-bond acceptors (Lipinski definition) is 6. The maximum absolute atomic E-state index is 13.5. The molecule has 3 rings (SSSR count). The Balaban J connectivity index is 2.05. The van der Waals surface area contributed by atoms with E-state index in [9.17, 15) is 34.8 Å². The molecule has 34 heavy (non-hydrogen) atoms. The van der Waals surface area contributed by atoms with Crippen LogP contribution >= 0.6 is 11.3 Å². The van der Waals surface area contributed by atoms with Gasteiger partial charge >= 0.3 is 12.4 Å². The van der Waals surface area contributed by atoms with Crippen molar-refractivity contribution in [3.05, 3.63) is 71.9 Å². The monoisotopic (exact) mass is 519 g/mol. The van der Waals surface area contributed by atoms with E-state index >= 15 is 0 Å². The Morgan fingerprint density at radius 2 is 1.74 bits per heavy atom. The third-order valence-electron chi connectivity index (χ3n) is 4.41. The maximum Gasteiger partial charge on any atom is 0.432 e. The van der Waals surface area contributed by atoms with Crippen molar-refractivity contribution in [2.45, 2.75) is 17.2 Å². The smallest absolute Gasteiger partial charge is 0.331 e. The summed E-state index contributed by atoms with van der Waals surface area (Å²) in [5.41, 5.74) is -3.83. The Labute approximate surface area is 194 Å². The van der Waals surface area contributed by atoms with E-state index in [1.54, 1.807) is 6.07 Å². The van der Waals surface area contributed by atoms with Gasteiger partial charge in [0.1, 0.15) is 5.71 Å². The van der Waals surface area contributed by atoms with Gasteiger partial charge in [-0.25, -0.2) is 13.4 Å². The molecular weight excluding hydrogens is 504 g/mol. The van der Waals surface area contributed by atoms with Crippen molar-refractivity contribution >= 4 is 37.7 Å². The Hall–Kier alpha value is -3.19. The molecule has 0 spiro atoms. The van der Waals surface area contributed by atoms with Crippen molar-refractivity contribution < 1.29 is 34.8 Å². The van der Waals surface area contributed by atoms with E-state index in [0.29, 0.717) is 16.5 Å². The van der Waals surface area contributed by atoms with Crippen LogP contribution in [-0.4, -0.2) is 31.5 Å². The van der Waals surface area contributed by atoms with Gasteiger partial charge in [-0.15, -0.1) is 0 Å². The topological polar surface area (TPSA) is 82.9 Å². The lowest BCUT2D eigenvalue weighted by Crippen LogP contribution is -2.21. The number of halogens is 6. The Morgan fingerprint density at radius 1 is 1.06 bits per heavy atom. The van der Waals surface area contributed by atoms with Crippen LogP contribution in [0.1, 0.15) is 11.1 Å². The molecule has 0 saturated carbocycles. The van der Waals surface area contributed by atoms with E-state index in [-0.39, 0.29) is 16.1 Å². The van der Waals surface area contributed by atoms with Gasteiger partial charge in [-0.3, -0.25) is 5.41 Å². The van der Waals surface area contributed by atoms with Gasteiger partial charge in [0.2, 0.25) is 0 Å². The summed E-state index contributed by atoms with van der Waals surface area (Å²) in [5.74, 6) is 0. The van der Waals surface area contributed by atoms with Crippen LogP contribution < -0.4 is 5.32 Å². The number of sulfone groups is 1. The van der Waals surface area contributed by atoms with Gasteiger partial charge in [-0.2, -0.15) is 26.3 Å². The van der Waals surface area contributed by atoms with E-state index in [1.807, 2.05) is 0 Å². The number of alkyl halides is 6. The van der Waals surface area contributed by atoms with Gasteiger partial charge in [-0.1, -0.05) is 41.7 Å². The molecule has 3 aromatic rings. The van der Waals surface area contributed by atoms with Crippen LogP contribution in [0.15, 0.2) is 65.7 Å². The molecule has 2 N–H and O–H groups in total. The Bertz CT molecular complexity index is 1360. The van der Waals surface area contributed by atoms with Crippen molar-refractivity contribution in [3.8, 4) is 10.4 Å². The number of hydrogen-bond donors (Lipinski definition) is 2. The molecule has 2 aromatic carbocycles. The number of aromatic nitrogens is 1. The molecule has 0 bridgehead atoms. The van der Waals surface area contributed by atoms with Gasteiger partial charge in [0.05, 0.1) is 21.0 Å². The molecule has 0 aliphatic heterocycles. The molecule has 13 heteroatoms. The first kappa shape index (κ1) is 25.4. The number of nitrogens with one attached hydrogen (secondary N) is 2. The predicted molar refractivity (Wildman–Crippen MR) is 117 cm³/mol. The average Bonchev–Trinajstić information content (AvgIpc) is 3.20. The molecule has 5 nitrogen and oxygen atoms in total. The zero-order chi connectivity index (χ0) is 25.3. The van der Waals surface area contributed by atoms with Gasteiger partial charge < -0.3 is 5.32 Å². The van der Waals surface area contributed by atoms with Crippen molar-refractivity contribution in [1.29, 1.82) is 5.41 Å². The zero-order valence-corrected chi connectivity index (χ0v) is 18.8. The van der Waals surface area contributed by atoms with Crippen molar-refractivity contribution in [2.24, 2.45) is 0 Å². The SMILES string of the molecule is CS(=O)(=O)c1cccc(-c2cnc(N/C(=C\C(=N)C(F)(F)F)c3ccccc3C(F)(F)F)s2)c1. The number of rotatable bonds is 6. The van der Waals surface area contributed by atoms with Crippen LogP contribution in [0.5, 0.6) is 0 Å². The first-order valence-corrected chi connectivity index (χ1v) is 11.9. The van der Waals surface area contributed by atoms with Gasteiger partial charge in [-0.05, 0) is 29.8 Å². The standard InChI is InChI=1S/C21H15F6N3O2S2/c1-34(31,32)13-6-4-5-12(9-13)17-11-29-19(33-17)30-16(10-18(28)21(25,26)27)14-7-2-3-8-15(14)20(22,23)24/h2-11,28H,1H3,(H,29,30)/b16-10-,28-18?. The number of allylic oxidation sites excluding steroid dienone is 1. The number of anilines is 1. The normalized spacial score (nSPS) is 13.1. The number of benzene rings is 2. The second kappa shape index (κ2) is 9.22. The van der Waals surface area contributed by atoms with Crippen molar-refractivity contribution in [1.82, 2.24) is 4.98 Å². The lowest BCUT2D eigenvalue weighted by molar-refractivity contribution is -0.137. The minimum absolute atomic E-state index is 0.0335. The van der Waals surface area contributed by atoms with Gasteiger partial charge in [0.25, 0.3) is 0 Å². The largest absolute Gasteiger partial charge is 0.432 e.